The average Bonchev–Trinajstić information content (AvgIpc) is 2.37. The summed E-state index contributed by atoms with van der Waals surface area (Å²) in [4.78, 5) is 11.4. The Balaban J connectivity index is 2.22. The van der Waals surface area contributed by atoms with Crippen molar-refractivity contribution in [3.05, 3.63) is 42.0 Å². The van der Waals surface area contributed by atoms with E-state index in [2.05, 4.69) is 6.92 Å². The van der Waals surface area contributed by atoms with Crippen LogP contribution in [0.1, 0.15) is 38.2 Å². The summed E-state index contributed by atoms with van der Waals surface area (Å²) in [5.41, 5.74) is 1.26. The molecule has 2 nitrogen and oxygen atoms in total. The molecular formula is C16H20O2. The number of aliphatic carboxylic acids is 1. The summed E-state index contributed by atoms with van der Waals surface area (Å²) >= 11 is 0. The second-order valence-electron chi connectivity index (χ2n) is 5.28. The summed E-state index contributed by atoms with van der Waals surface area (Å²) in [6.07, 6.45) is 6.69. The van der Waals surface area contributed by atoms with Crippen molar-refractivity contribution in [3.8, 4) is 0 Å². The van der Waals surface area contributed by atoms with Gasteiger partial charge in [-0.15, -0.1) is 0 Å². The average molecular weight is 244 g/mol. The Morgan fingerprint density at radius 1 is 1.28 bits per heavy atom. The third-order valence-corrected chi connectivity index (χ3v) is 3.69. The Morgan fingerprint density at radius 3 is 2.61 bits per heavy atom. The molecule has 2 heteroatoms. The highest BCUT2D eigenvalue weighted by Crippen LogP contribution is 2.31. The minimum atomic E-state index is -0.820. The van der Waals surface area contributed by atoms with Crippen LogP contribution in [0.25, 0.3) is 5.57 Å². The maximum atomic E-state index is 11.4. The fourth-order valence-electron chi connectivity index (χ4n) is 2.78. The van der Waals surface area contributed by atoms with E-state index < -0.39 is 5.97 Å². The van der Waals surface area contributed by atoms with Gasteiger partial charge in [0.05, 0.1) is 5.57 Å². The van der Waals surface area contributed by atoms with Gasteiger partial charge in [0.15, 0.2) is 0 Å². The quantitative estimate of drug-likeness (QED) is 0.816. The van der Waals surface area contributed by atoms with Crippen molar-refractivity contribution in [3.63, 3.8) is 0 Å². The predicted molar refractivity (Wildman–Crippen MR) is 73.2 cm³/mol. The molecule has 0 aliphatic heterocycles. The van der Waals surface area contributed by atoms with Gasteiger partial charge in [-0.1, -0.05) is 56.2 Å². The molecule has 2 rings (SSSR count). The van der Waals surface area contributed by atoms with Crippen molar-refractivity contribution in [2.75, 3.05) is 0 Å². The van der Waals surface area contributed by atoms with Crippen LogP contribution in [0.3, 0.4) is 0 Å². The topological polar surface area (TPSA) is 37.3 Å². The Kier molecular flexibility index (Phi) is 4.19. The van der Waals surface area contributed by atoms with Gasteiger partial charge in [-0.3, -0.25) is 0 Å². The highest BCUT2D eigenvalue weighted by Gasteiger charge is 2.19. The summed E-state index contributed by atoms with van der Waals surface area (Å²) in [5, 5.41) is 9.35. The van der Waals surface area contributed by atoms with Crippen LogP contribution in [0.4, 0.5) is 0 Å². The van der Waals surface area contributed by atoms with Gasteiger partial charge in [-0.25, -0.2) is 4.79 Å². The largest absolute Gasteiger partial charge is 0.478 e. The molecule has 1 aliphatic rings. The summed E-state index contributed by atoms with van der Waals surface area (Å²) in [6, 6.07) is 9.41. The van der Waals surface area contributed by atoms with Crippen LogP contribution in [0, 0.1) is 11.8 Å². The number of carboxylic acids is 1. The van der Waals surface area contributed by atoms with Crippen LogP contribution >= 0.6 is 0 Å². The molecule has 0 aromatic heterocycles. The summed E-state index contributed by atoms with van der Waals surface area (Å²) < 4.78 is 0. The second-order valence-corrected chi connectivity index (χ2v) is 5.28. The monoisotopic (exact) mass is 244 g/mol. The number of hydrogen-bond acceptors (Lipinski definition) is 1. The molecule has 0 amide bonds. The number of allylic oxidation sites excluding steroid dienone is 1. The van der Waals surface area contributed by atoms with E-state index in [1.807, 2.05) is 36.4 Å². The first kappa shape index (κ1) is 12.9. The minimum absolute atomic E-state index is 0.417. The Labute approximate surface area is 108 Å². The van der Waals surface area contributed by atoms with Crippen LogP contribution < -0.4 is 0 Å². The molecule has 2 unspecified atom stereocenters. The number of benzene rings is 1. The third-order valence-electron chi connectivity index (χ3n) is 3.69. The van der Waals surface area contributed by atoms with E-state index in [0.717, 1.165) is 18.4 Å². The van der Waals surface area contributed by atoms with Gasteiger partial charge < -0.3 is 5.11 Å². The van der Waals surface area contributed by atoms with Crippen molar-refractivity contribution in [1.82, 2.24) is 0 Å². The normalized spacial score (nSPS) is 24.8. The molecule has 1 aromatic carbocycles. The van der Waals surface area contributed by atoms with Crippen LogP contribution in [0.15, 0.2) is 36.4 Å². The molecule has 1 aliphatic carbocycles. The highest BCUT2D eigenvalue weighted by atomic mass is 16.4. The number of rotatable bonds is 3. The molecule has 0 spiro atoms. The van der Waals surface area contributed by atoms with E-state index in [1.165, 1.54) is 12.8 Å². The third kappa shape index (κ3) is 3.22. The van der Waals surface area contributed by atoms with Crippen molar-refractivity contribution in [1.29, 1.82) is 0 Å². The van der Waals surface area contributed by atoms with Crippen molar-refractivity contribution in [2.45, 2.75) is 32.6 Å². The molecule has 1 saturated carbocycles. The van der Waals surface area contributed by atoms with E-state index in [0.29, 0.717) is 17.4 Å². The maximum Gasteiger partial charge on any atom is 0.335 e. The van der Waals surface area contributed by atoms with Gasteiger partial charge >= 0.3 is 5.97 Å². The van der Waals surface area contributed by atoms with Gasteiger partial charge in [-0.05, 0) is 30.2 Å². The second kappa shape index (κ2) is 5.85. The standard InChI is InChI=1S/C16H20O2/c1-12-6-5-7-13(10-12)11-15(16(17)18)14-8-3-2-4-9-14/h2-4,8-9,11-13H,5-7,10H2,1H3,(H,17,18)/b15-11+. The summed E-state index contributed by atoms with van der Waals surface area (Å²) in [5.74, 6) is 0.310. The molecule has 1 N–H and O–H groups in total. The SMILES string of the molecule is CC1CCCC(/C=C(/C(=O)O)c2ccccc2)C1. The molecule has 0 saturated heterocycles. The maximum absolute atomic E-state index is 11.4. The lowest BCUT2D eigenvalue weighted by Gasteiger charge is -2.24. The first-order valence-corrected chi connectivity index (χ1v) is 6.67. The van der Waals surface area contributed by atoms with Crippen molar-refractivity contribution >= 4 is 11.5 Å². The summed E-state index contributed by atoms with van der Waals surface area (Å²) in [6.45, 7) is 2.25. The van der Waals surface area contributed by atoms with Crippen LogP contribution in [0.2, 0.25) is 0 Å². The molecule has 18 heavy (non-hydrogen) atoms. The van der Waals surface area contributed by atoms with E-state index in [-0.39, 0.29) is 0 Å². The Morgan fingerprint density at radius 2 is 2.00 bits per heavy atom. The molecular weight excluding hydrogens is 224 g/mol. The van der Waals surface area contributed by atoms with Crippen LogP contribution in [-0.2, 0) is 4.79 Å². The lowest BCUT2D eigenvalue weighted by atomic mass is 9.81. The lowest BCUT2D eigenvalue weighted by Crippen LogP contribution is -2.13. The van der Waals surface area contributed by atoms with Crippen molar-refractivity contribution < 1.29 is 9.90 Å². The van der Waals surface area contributed by atoms with Crippen LogP contribution in [-0.4, -0.2) is 11.1 Å². The van der Waals surface area contributed by atoms with Crippen molar-refractivity contribution in [2.24, 2.45) is 11.8 Å². The summed E-state index contributed by atoms with van der Waals surface area (Å²) in [7, 11) is 0. The Bertz CT molecular complexity index is 434. The first-order chi connectivity index (χ1) is 8.66. The lowest BCUT2D eigenvalue weighted by molar-refractivity contribution is -0.130. The predicted octanol–water partition coefficient (Wildman–Crippen LogP) is 3.98. The number of carboxylic acid groups (broad SMARTS) is 1. The van der Waals surface area contributed by atoms with Gasteiger partial charge in [0, 0.05) is 0 Å². The molecule has 2 atom stereocenters. The Hall–Kier alpha value is -1.57. The number of carbonyl (C=O) groups is 1. The smallest absolute Gasteiger partial charge is 0.335 e. The molecule has 0 bridgehead atoms. The van der Waals surface area contributed by atoms with E-state index in [4.69, 9.17) is 0 Å². The zero-order valence-corrected chi connectivity index (χ0v) is 10.8. The zero-order chi connectivity index (χ0) is 13.0. The van der Waals surface area contributed by atoms with E-state index >= 15 is 0 Å². The van der Waals surface area contributed by atoms with Gasteiger partial charge in [0.25, 0.3) is 0 Å². The molecule has 1 fully saturated rings. The van der Waals surface area contributed by atoms with E-state index in [9.17, 15) is 9.90 Å². The van der Waals surface area contributed by atoms with E-state index in [1.54, 1.807) is 0 Å². The molecule has 96 valence electrons. The molecule has 1 aromatic rings. The van der Waals surface area contributed by atoms with Gasteiger partial charge in [-0.2, -0.15) is 0 Å². The van der Waals surface area contributed by atoms with Crippen LogP contribution in [0.5, 0.6) is 0 Å². The fraction of sp³-hybridized carbons (Fsp3) is 0.438. The highest BCUT2D eigenvalue weighted by molar-refractivity contribution is 6.15. The van der Waals surface area contributed by atoms with Gasteiger partial charge in [0.1, 0.15) is 0 Å². The molecule has 0 radical (unpaired) electrons. The minimum Gasteiger partial charge on any atom is -0.478 e. The molecule has 0 heterocycles. The zero-order valence-electron chi connectivity index (χ0n) is 10.8. The number of hydrogen-bond donors (Lipinski definition) is 1. The fourth-order valence-corrected chi connectivity index (χ4v) is 2.78. The first-order valence-electron chi connectivity index (χ1n) is 6.67. The van der Waals surface area contributed by atoms with Gasteiger partial charge in [0.2, 0.25) is 0 Å².